The average Bonchev–Trinajstić information content (AvgIpc) is 3.14. The molecule has 3 rings (SSSR count). The van der Waals surface area contributed by atoms with Gasteiger partial charge in [0, 0.05) is 0 Å². The van der Waals surface area contributed by atoms with Crippen LogP contribution in [-0.4, -0.2) is 14.4 Å². The fourth-order valence-electron chi connectivity index (χ4n) is 7.19. The fraction of sp³-hybridized carbons (Fsp3) is 0.771. The highest BCUT2D eigenvalue weighted by Crippen LogP contribution is 2.59. The number of hydrogen-bond acceptors (Lipinski definition) is 1. The van der Waals surface area contributed by atoms with Crippen LogP contribution < -0.4 is 0 Å². The first-order valence-corrected chi connectivity index (χ1v) is 18.4. The Morgan fingerprint density at radius 1 is 1.05 bits per heavy atom. The van der Waals surface area contributed by atoms with E-state index in [2.05, 4.69) is 106 Å². The van der Waals surface area contributed by atoms with Crippen molar-refractivity contribution in [2.45, 2.75) is 131 Å². The van der Waals surface area contributed by atoms with E-state index in [0.29, 0.717) is 23.2 Å². The number of rotatable bonds is 7. The van der Waals surface area contributed by atoms with Gasteiger partial charge in [0.15, 0.2) is 8.32 Å². The van der Waals surface area contributed by atoms with Crippen molar-refractivity contribution in [1.29, 1.82) is 0 Å². The highest BCUT2D eigenvalue weighted by molar-refractivity contribution is 6.74. The van der Waals surface area contributed by atoms with E-state index < -0.39 is 8.32 Å². The minimum atomic E-state index is -1.82. The molecule has 3 saturated carbocycles. The second-order valence-corrected chi connectivity index (χ2v) is 20.1. The average molecular weight is 525 g/mol. The number of hydrogen-bond donors (Lipinski definition) is 0. The first-order valence-electron chi connectivity index (χ1n) is 15.5. The summed E-state index contributed by atoms with van der Waals surface area (Å²) in [5.41, 5.74) is 4.85. The maximum absolute atomic E-state index is 6.90. The van der Waals surface area contributed by atoms with Gasteiger partial charge in [-0.1, -0.05) is 98.8 Å². The monoisotopic (exact) mass is 524 g/mol. The SMILES string of the molecule is C=C1/C(=C\C=C2/CCC[C@@]3(C)C2CC[C@@H]3[C@H](C)/C=C/[C@H](C)C(C)C)C[C@@H](C)C[C@@H]1O[Si](C)(C)C(C)(C)C. The molecule has 1 nitrogen and oxygen atoms in total. The summed E-state index contributed by atoms with van der Waals surface area (Å²) >= 11 is 0. The largest absolute Gasteiger partial charge is 0.410 e. The molecular weight excluding hydrogens is 464 g/mol. The molecule has 7 atom stereocenters. The zero-order valence-corrected chi connectivity index (χ0v) is 27.4. The summed E-state index contributed by atoms with van der Waals surface area (Å²) in [6, 6.07) is 0. The van der Waals surface area contributed by atoms with Gasteiger partial charge in [0.2, 0.25) is 0 Å². The number of fused-ring (bicyclic) bond motifs is 1. The second kappa shape index (κ2) is 11.7. The molecular formula is C35H60OSi. The minimum Gasteiger partial charge on any atom is -0.410 e. The lowest BCUT2D eigenvalue weighted by molar-refractivity contribution is 0.112. The Hall–Kier alpha value is -0.863. The highest BCUT2D eigenvalue weighted by atomic mass is 28.4. The Morgan fingerprint density at radius 2 is 1.73 bits per heavy atom. The van der Waals surface area contributed by atoms with Crippen molar-refractivity contribution in [2.24, 2.45) is 40.9 Å². The van der Waals surface area contributed by atoms with Gasteiger partial charge in [-0.05, 0) is 115 Å². The van der Waals surface area contributed by atoms with Gasteiger partial charge in [-0.25, -0.2) is 0 Å². The molecule has 2 heteroatoms. The molecule has 37 heavy (non-hydrogen) atoms. The van der Waals surface area contributed by atoms with Gasteiger partial charge in [0.1, 0.15) is 0 Å². The Kier molecular flexibility index (Phi) is 9.71. The first-order chi connectivity index (χ1) is 17.1. The molecule has 3 aliphatic carbocycles. The van der Waals surface area contributed by atoms with Crippen LogP contribution in [0.5, 0.6) is 0 Å². The molecule has 0 aromatic heterocycles. The molecule has 0 aromatic carbocycles. The summed E-state index contributed by atoms with van der Waals surface area (Å²) < 4.78 is 6.90. The molecule has 0 saturated heterocycles. The molecule has 0 aliphatic heterocycles. The topological polar surface area (TPSA) is 9.23 Å². The van der Waals surface area contributed by atoms with Crippen molar-refractivity contribution in [1.82, 2.24) is 0 Å². The normalized spacial score (nSPS) is 35.5. The van der Waals surface area contributed by atoms with Crippen LogP contribution in [0.4, 0.5) is 0 Å². The third kappa shape index (κ3) is 6.83. The van der Waals surface area contributed by atoms with Crippen LogP contribution in [0.2, 0.25) is 18.1 Å². The summed E-state index contributed by atoms with van der Waals surface area (Å²) in [5, 5.41) is 0.227. The Balaban J connectivity index is 1.78. The molecule has 3 aliphatic rings. The van der Waals surface area contributed by atoms with E-state index in [9.17, 15) is 0 Å². The lowest BCUT2D eigenvalue weighted by atomic mass is 9.61. The van der Waals surface area contributed by atoms with Gasteiger partial charge >= 0.3 is 0 Å². The quantitative estimate of drug-likeness (QED) is 0.238. The van der Waals surface area contributed by atoms with Gasteiger partial charge < -0.3 is 4.43 Å². The van der Waals surface area contributed by atoms with E-state index in [0.717, 1.165) is 30.6 Å². The van der Waals surface area contributed by atoms with Crippen LogP contribution >= 0.6 is 0 Å². The van der Waals surface area contributed by atoms with Crippen LogP contribution in [0.15, 0.2) is 47.6 Å². The zero-order valence-electron chi connectivity index (χ0n) is 26.4. The summed E-state index contributed by atoms with van der Waals surface area (Å²) in [6.07, 6.45) is 19.2. The predicted octanol–water partition coefficient (Wildman–Crippen LogP) is 10.9. The highest BCUT2D eigenvalue weighted by Gasteiger charge is 2.50. The molecule has 0 amide bonds. The molecule has 3 fully saturated rings. The third-order valence-corrected chi connectivity index (χ3v) is 15.7. The summed E-state index contributed by atoms with van der Waals surface area (Å²) in [4.78, 5) is 0. The fourth-order valence-corrected chi connectivity index (χ4v) is 8.49. The van der Waals surface area contributed by atoms with Gasteiger partial charge in [-0.2, -0.15) is 0 Å². The van der Waals surface area contributed by atoms with Crippen LogP contribution in [0, 0.1) is 40.9 Å². The van der Waals surface area contributed by atoms with Crippen LogP contribution in [0.3, 0.4) is 0 Å². The van der Waals surface area contributed by atoms with Crippen molar-refractivity contribution in [3.63, 3.8) is 0 Å². The van der Waals surface area contributed by atoms with E-state index in [1.54, 1.807) is 5.57 Å². The molecule has 210 valence electrons. The molecule has 0 spiro atoms. The maximum Gasteiger partial charge on any atom is 0.192 e. The minimum absolute atomic E-state index is 0.183. The van der Waals surface area contributed by atoms with E-state index in [1.807, 2.05) is 0 Å². The van der Waals surface area contributed by atoms with Crippen molar-refractivity contribution in [3.8, 4) is 0 Å². The first kappa shape index (κ1) is 30.7. The Labute approximate surface area is 232 Å². The van der Waals surface area contributed by atoms with Crippen LogP contribution in [0.25, 0.3) is 0 Å². The number of allylic oxidation sites excluding steroid dienone is 5. The second-order valence-electron chi connectivity index (χ2n) is 15.3. The van der Waals surface area contributed by atoms with E-state index >= 15 is 0 Å². The molecule has 0 bridgehead atoms. The van der Waals surface area contributed by atoms with Crippen LogP contribution in [0.1, 0.15) is 107 Å². The van der Waals surface area contributed by atoms with Crippen molar-refractivity contribution >= 4 is 8.32 Å². The van der Waals surface area contributed by atoms with Crippen molar-refractivity contribution in [3.05, 3.63) is 47.6 Å². The molecule has 0 N–H and O–H groups in total. The Bertz CT molecular complexity index is 897. The van der Waals surface area contributed by atoms with Gasteiger partial charge in [-0.3, -0.25) is 0 Å². The van der Waals surface area contributed by atoms with E-state index in [1.165, 1.54) is 43.3 Å². The summed E-state index contributed by atoms with van der Waals surface area (Å²) in [7, 11) is -1.82. The Morgan fingerprint density at radius 3 is 2.35 bits per heavy atom. The van der Waals surface area contributed by atoms with Crippen molar-refractivity contribution < 1.29 is 4.43 Å². The molecule has 0 radical (unpaired) electrons. The van der Waals surface area contributed by atoms with Crippen molar-refractivity contribution in [2.75, 3.05) is 0 Å². The summed E-state index contributed by atoms with van der Waals surface area (Å²) in [6.45, 7) is 30.9. The lowest BCUT2D eigenvalue weighted by Gasteiger charge is -2.44. The van der Waals surface area contributed by atoms with Gasteiger partial charge in [-0.15, -0.1) is 0 Å². The third-order valence-electron chi connectivity index (χ3n) is 11.2. The van der Waals surface area contributed by atoms with Gasteiger partial charge in [0.25, 0.3) is 0 Å². The van der Waals surface area contributed by atoms with E-state index in [-0.39, 0.29) is 11.1 Å². The standard InChI is InChI=1S/C35H60OSi/c1-24(2)26(4)15-16-27(5)31-19-20-32-29(14-13-21-35(31,32)10)17-18-30-22-25(3)23-33(28(30)6)36-37(11,12)34(7,8)9/h15-18,24-27,31-33H,6,13-14,19-23H2,1-5,7-12H3/b16-15+,29-17+,30-18-/t25-,26+,27-,31-,32?,33+,35-/m1/s1. The smallest absolute Gasteiger partial charge is 0.192 e. The maximum atomic E-state index is 6.90. The van der Waals surface area contributed by atoms with E-state index in [4.69, 9.17) is 4.43 Å². The van der Waals surface area contributed by atoms with Crippen LogP contribution in [-0.2, 0) is 4.43 Å². The molecule has 1 unspecified atom stereocenters. The summed E-state index contributed by atoms with van der Waals surface area (Å²) in [5.74, 6) is 4.25. The predicted molar refractivity (Wildman–Crippen MR) is 166 cm³/mol. The lowest BCUT2D eigenvalue weighted by Crippen LogP contribution is -2.45. The molecule has 0 heterocycles. The molecule has 0 aromatic rings. The van der Waals surface area contributed by atoms with Gasteiger partial charge in [0.05, 0.1) is 6.10 Å². The zero-order chi connectivity index (χ0) is 27.8.